The maximum Gasteiger partial charge on any atom is 0.234 e. The monoisotopic (exact) mass is 227 g/mol. The van der Waals surface area contributed by atoms with Crippen molar-refractivity contribution in [3.63, 3.8) is 0 Å². The summed E-state index contributed by atoms with van der Waals surface area (Å²) in [5.41, 5.74) is 6.08. The van der Waals surface area contributed by atoms with Gasteiger partial charge in [0, 0.05) is 18.1 Å². The van der Waals surface area contributed by atoms with Gasteiger partial charge >= 0.3 is 0 Å². The molecule has 94 valence electrons. The lowest BCUT2D eigenvalue weighted by molar-refractivity contribution is -0.123. The molecule has 16 heavy (non-hydrogen) atoms. The third-order valence-corrected chi connectivity index (χ3v) is 3.19. The van der Waals surface area contributed by atoms with Gasteiger partial charge in [-0.3, -0.25) is 9.69 Å². The minimum atomic E-state index is 0.0928. The number of nitrogens with two attached hydrogens (primary N) is 1. The first-order chi connectivity index (χ1) is 7.50. The highest BCUT2D eigenvalue weighted by atomic mass is 16.2. The molecule has 2 atom stereocenters. The number of rotatable bonds is 4. The summed E-state index contributed by atoms with van der Waals surface area (Å²) in [4.78, 5) is 13.7. The number of likely N-dealkylation sites (N-methyl/N-ethyl adjacent to an activating group) is 1. The van der Waals surface area contributed by atoms with Crippen LogP contribution in [0.3, 0.4) is 0 Å². The molecular weight excluding hydrogens is 202 g/mol. The predicted molar refractivity (Wildman–Crippen MR) is 66.1 cm³/mol. The molecule has 4 nitrogen and oxygen atoms in total. The fourth-order valence-electron chi connectivity index (χ4n) is 2.40. The first kappa shape index (κ1) is 13.5. The summed E-state index contributed by atoms with van der Waals surface area (Å²) in [7, 11) is 2.00. The van der Waals surface area contributed by atoms with Crippen molar-refractivity contribution in [1.82, 2.24) is 10.2 Å². The lowest BCUT2D eigenvalue weighted by Crippen LogP contribution is -2.51. The molecule has 0 bridgehead atoms. The third kappa shape index (κ3) is 4.10. The zero-order chi connectivity index (χ0) is 12.1. The molecule has 0 spiro atoms. The van der Waals surface area contributed by atoms with Gasteiger partial charge in [0.25, 0.3) is 0 Å². The van der Waals surface area contributed by atoms with Crippen LogP contribution in [0.2, 0.25) is 0 Å². The van der Waals surface area contributed by atoms with Crippen LogP contribution < -0.4 is 11.1 Å². The van der Waals surface area contributed by atoms with Crippen LogP contribution in [0, 0.1) is 0 Å². The molecule has 2 unspecified atom stereocenters. The van der Waals surface area contributed by atoms with Crippen LogP contribution in [0.4, 0.5) is 0 Å². The van der Waals surface area contributed by atoms with Crippen molar-refractivity contribution < 1.29 is 4.79 Å². The molecule has 1 rings (SSSR count). The highest BCUT2D eigenvalue weighted by Crippen LogP contribution is 2.20. The fourth-order valence-corrected chi connectivity index (χ4v) is 2.40. The molecule has 3 N–H and O–H groups in total. The van der Waals surface area contributed by atoms with E-state index in [2.05, 4.69) is 10.2 Å². The zero-order valence-electron chi connectivity index (χ0n) is 10.7. The van der Waals surface area contributed by atoms with Crippen LogP contribution in [0.1, 0.15) is 39.5 Å². The van der Waals surface area contributed by atoms with Crippen molar-refractivity contribution in [2.45, 2.75) is 57.7 Å². The van der Waals surface area contributed by atoms with Crippen molar-refractivity contribution in [3.05, 3.63) is 0 Å². The largest absolute Gasteiger partial charge is 0.353 e. The van der Waals surface area contributed by atoms with Crippen molar-refractivity contribution >= 4 is 5.91 Å². The number of nitrogens with zero attached hydrogens (tertiary/aromatic N) is 1. The number of nitrogens with one attached hydrogen (secondary N) is 1. The summed E-state index contributed by atoms with van der Waals surface area (Å²) < 4.78 is 0. The molecular formula is C12H25N3O. The number of hydrogen-bond donors (Lipinski definition) is 2. The second kappa shape index (κ2) is 6.21. The maximum atomic E-state index is 11.6. The molecule has 4 heteroatoms. The van der Waals surface area contributed by atoms with Gasteiger partial charge in [0.15, 0.2) is 0 Å². The zero-order valence-corrected chi connectivity index (χ0v) is 10.7. The highest BCUT2D eigenvalue weighted by Gasteiger charge is 2.26. The minimum absolute atomic E-state index is 0.0928. The number of amides is 1. The number of carbonyl (C=O) groups is 1. The predicted octanol–water partition coefficient (Wildman–Crippen LogP) is 0.713. The first-order valence-corrected chi connectivity index (χ1v) is 6.26. The van der Waals surface area contributed by atoms with Gasteiger partial charge in [0.05, 0.1) is 6.54 Å². The quantitative estimate of drug-likeness (QED) is 0.744. The van der Waals surface area contributed by atoms with E-state index < -0.39 is 0 Å². The molecule has 0 aromatic rings. The Hall–Kier alpha value is -0.610. The third-order valence-electron chi connectivity index (χ3n) is 3.19. The Morgan fingerprint density at radius 3 is 2.62 bits per heavy atom. The summed E-state index contributed by atoms with van der Waals surface area (Å²) in [5.74, 6) is 0.0928. The molecule has 1 saturated carbocycles. The molecule has 1 amide bonds. The second-order valence-electron chi connectivity index (χ2n) is 5.15. The maximum absolute atomic E-state index is 11.6. The molecule has 0 aromatic heterocycles. The highest BCUT2D eigenvalue weighted by molar-refractivity contribution is 5.78. The molecule has 0 radical (unpaired) electrons. The van der Waals surface area contributed by atoms with E-state index in [0.717, 1.165) is 12.8 Å². The standard InChI is InChI=1S/C12H25N3O/c1-9(2)14-12(16)8-15(3)11-7-5-4-6-10(11)13/h9-11H,4-8,13H2,1-3H3,(H,14,16). The Labute approximate surface area is 98.6 Å². The summed E-state index contributed by atoms with van der Waals surface area (Å²) in [6.45, 7) is 4.41. The molecule has 1 aliphatic carbocycles. The van der Waals surface area contributed by atoms with E-state index in [4.69, 9.17) is 5.73 Å². The summed E-state index contributed by atoms with van der Waals surface area (Å²) >= 11 is 0. The Morgan fingerprint density at radius 1 is 1.44 bits per heavy atom. The van der Waals surface area contributed by atoms with Crippen LogP contribution >= 0.6 is 0 Å². The summed E-state index contributed by atoms with van der Waals surface area (Å²) in [6, 6.07) is 0.804. The van der Waals surface area contributed by atoms with Crippen LogP contribution in [-0.4, -0.2) is 42.5 Å². The lowest BCUT2D eigenvalue weighted by atomic mass is 9.90. The van der Waals surface area contributed by atoms with E-state index in [-0.39, 0.29) is 18.0 Å². The van der Waals surface area contributed by atoms with Gasteiger partial charge < -0.3 is 11.1 Å². The van der Waals surface area contributed by atoms with E-state index in [1.54, 1.807) is 0 Å². The molecule has 0 heterocycles. The Bertz CT molecular complexity index is 230. The average Bonchev–Trinajstić information content (AvgIpc) is 2.16. The smallest absolute Gasteiger partial charge is 0.234 e. The molecule has 1 aliphatic rings. The minimum Gasteiger partial charge on any atom is -0.353 e. The van der Waals surface area contributed by atoms with E-state index >= 15 is 0 Å². The SMILES string of the molecule is CC(C)NC(=O)CN(C)C1CCCCC1N. The Kier molecular flexibility index (Phi) is 5.22. The number of hydrogen-bond acceptors (Lipinski definition) is 3. The van der Waals surface area contributed by atoms with Gasteiger partial charge in [-0.05, 0) is 33.7 Å². The van der Waals surface area contributed by atoms with Crippen molar-refractivity contribution in [2.75, 3.05) is 13.6 Å². The van der Waals surface area contributed by atoms with E-state index in [1.807, 2.05) is 20.9 Å². The van der Waals surface area contributed by atoms with Crippen LogP contribution in [-0.2, 0) is 4.79 Å². The first-order valence-electron chi connectivity index (χ1n) is 6.26. The fraction of sp³-hybridized carbons (Fsp3) is 0.917. The van der Waals surface area contributed by atoms with Crippen molar-refractivity contribution in [2.24, 2.45) is 5.73 Å². The van der Waals surface area contributed by atoms with Crippen LogP contribution in [0.5, 0.6) is 0 Å². The van der Waals surface area contributed by atoms with E-state index in [0.29, 0.717) is 12.6 Å². The molecule has 1 fully saturated rings. The van der Waals surface area contributed by atoms with Gasteiger partial charge in [0.1, 0.15) is 0 Å². The van der Waals surface area contributed by atoms with E-state index in [1.165, 1.54) is 12.8 Å². The van der Waals surface area contributed by atoms with Gasteiger partial charge in [0.2, 0.25) is 5.91 Å². The molecule has 0 aliphatic heterocycles. The summed E-state index contributed by atoms with van der Waals surface area (Å²) in [5, 5.41) is 2.91. The van der Waals surface area contributed by atoms with Crippen molar-refractivity contribution in [3.8, 4) is 0 Å². The van der Waals surface area contributed by atoms with Gasteiger partial charge in [-0.1, -0.05) is 12.8 Å². The van der Waals surface area contributed by atoms with Crippen LogP contribution in [0.15, 0.2) is 0 Å². The molecule has 0 aromatic carbocycles. The molecule has 0 saturated heterocycles. The number of carbonyl (C=O) groups excluding carboxylic acids is 1. The van der Waals surface area contributed by atoms with E-state index in [9.17, 15) is 4.79 Å². The Morgan fingerprint density at radius 2 is 2.06 bits per heavy atom. The Balaban J connectivity index is 2.38. The van der Waals surface area contributed by atoms with Gasteiger partial charge in [-0.25, -0.2) is 0 Å². The van der Waals surface area contributed by atoms with Gasteiger partial charge in [-0.2, -0.15) is 0 Å². The van der Waals surface area contributed by atoms with Crippen LogP contribution in [0.25, 0.3) is 0 Å². The average molecular weight is 227 g/mol. The topological polar surface area (TPSA) is 58.4 Å². The second-order valence-corrected chi connectivity index (χ2v) is 5.15. The van der Waals surface area contributed by atoms with Gasteiger partial charge in [-0.15, -0.1) is 0 Å². The summed E-state index contributed by atoms with van der Waals surface area (Å²) in [6.07, 6.45) is 4.66. The van der Waals surface area contributed by atoms with Crippen molar-refractivity contribution in [1.29, 1.82) is 0 Å². The normalized spacial score (nSPS) is 26.1. The lowest BCUT2D eigenvalue weighted by Gasteiger charge is -2.35.